The van der Waals surface area contributed by atoms with Crippen LogP contribution in [0.2, 0.25) is 0 Å². The van der Waals surface area contributed by atoms with Crippen molar-refractivity contribution >= 4 is 5.97 Å². The Kier molecular flexibility index (Phi) is 2.12. The van der Waals surface area contributed by atoms with Gasteiger partial charge in [-0.25, -0.2) is 13.6 Å². The molecular formula is C7H7F2NO2. The van der Waals surface area contributed by atoms with Gasteiger partial charge in [-0.2, -0.15) is 0 Å². The number of aromatic nitrogens is 1. The summed E-state index contributed by atoms with van der Waals surface area (Å²) in [4.78, 5) is 12.7. The van der Waals surface area contributed by atoms with E-state index in [2.05, 4.69) is 4.98 Å². The summed E-state index contributed by atoms with van der Waals surface area (Å²) in [6, 6.07) is 1.18. The number of H-pyrrole nitrogens is 1. The first-order chi connectivity index (χ1) is 5.52. The lowest BCUT2D eigenvalue weighted by molar-refractivity contribution is 0.0684. The molecule has 0 atom stereocenters. The fourth-order valence-corrected chi connectivity index (χ4v) is 0.959. The Hall–Kier alpha value is -1.39. The van der Waals surface area contributed by atoms with Crippen molar-refractivity contribution in [2.24, 2.45) is 0 Å². The van der Waals surface area contributed by atoms with Crippen LogP contribution in [-0.2, 0) is 0 Å². The van der Waals surface area contributed by atoms with E-state index in [-0.39, 0.29) is 5.56 Å². The summed E-state index contributed by atoms with van der Waals surface area (Å²) in [5.41, 5.74) is -0.467. The van der Waals surface area contributed by atoms with Gasteiger partial charge in [0.1, 0.15) is 0 Å². The van der Waals surface area contributed by atoms with Crippen LogP contribution in [0.15, 0.2) is 6.07 Å². The van der Waals surface area contributed by atoms with Crippen molar-refractivity contribution in [3.05, 3.63) is 23.0 Å². The SMILES string of the molecule is Cc1cc(C(=O)O)c(C(F)F)[nH]1. The smallest absolute Gasteiger partial charge is 0.337 e. The van der Waals surface area contributed by atoms with Crippen molar-refractivity contribution in [2.75, 3.05) is 0 Å². The van der Waals surface area contributed by atoms with Crippen LogP contribution in [0.25, 0.3) is 0 Å². The molecule has 66 valence electrons. The number of halogens is 2. The van der Waals surface area contributed by atoms with Crippen molar-refractivity contribution in [2.45, 2.75) is 13.3 Å². The molecule has 0 aliphatic rings. The molecule has 2 N–H and O–H groups in total. The third-order valence-corrected chi connectivity index (χ3v) is 1.43. The Morgan fingerprint density at radius 2 is 2.25 bits per heavy atom. The van der Waals surface area contributed by atoms with Gasteiger partial charge in [0.15, 0.2) is 0 Å². The van der Waals surface area contributed by atoms with Gasteiger partial charge in [-0.05, 0) is 13.0 Å². The number of aromatic carboxylic acids is 1. The van der Waals surface area contributed by atoms with Gasteiger partial charge >= 0.3 is 5.97 Å². The van der Waals surface area contributed by atoms with E-state index in [1.807, 2.05) is 0 Å². The summed E-state index contributed by atoms with van der Waals surface area (Å²) in [6.07, 6.45) is -2.77. The van der Waals surface area contributed by atoms with E-state index in [1.54, 1.807) is 0 Å². The van der Waals surface area contributed by atoms with Crippen LogP contribution in [0.3, 0.4) is 0 Å². The summed E-state index contributed by atoms with van der Waals surface area (Å²) in [6.45, 7) is 1.53. The molecule has 0 unspecified atom stereocenters. The molecule has 0 spiro atoms. The first-order valence-electron chi connectivity index (χ1n) is 3.23. The first kappa shape index (κ1) is 8.70. The maximum Gasteiger partial charge on any atom is 0.337 e. The van der Waals surface area contributed by atoms with Crippen molar-refractivity contribution in [1.82, 2.24) is 4.98 Å². The maximum absolute atomic E-state index is 12.1. The molecule has 0 fully saturated rings. The van der Waals surface area contributed by atoms with Crippen molar-refractivity contribution < 1.29 is 18.7 Å². The van der Waals surface area contributed by atoms with Crippen LogP contribution in [0.4, 0.5) is 8.78 Å². The quantitative estimate of drug-likeness (QED) is 0.721. The second kappa shape index (κ2) is 2.92. The Labute approximate surface area is 67.0 Å². The number of aryl methyl sites for hydroxylation is 1. The molecule has 3 nitrogen and oxygen atoms in total. The summed E-state index contributed by atoms with van der Waals surface area (Å²) in [5.74, 6) is -1.34. The van der Waals surface area contributed by atoms with E-state index < -0.39 is 18.1 Å². The van der Waals surface area contributed by atoms with E-state index in [9.17, 15) is 13.6 Å². The average molecular weight is 175 g/mol. The zero-order valence-electron chi connectivity index (χ0n) is 6.27. The normalized spacial score (nSPS) is 10.7. The van der Waals surface area contributed by atoms with Crippen LogP contribution in [0, 0.1) is 6.92 Å². The van der Waals surface area contributed by atoms with Gasteiger partial charge in [-0.3, -0.25) is 0 Å². The molecule has 0 saturated carbocycles. The van der Waals surface area contributed by atoms with E-state index in [4.69, 9.17) is 5.11 Å². The minimum absolute atomic E-state index is 0.359. The molecule has 1 rings (SSSR count). The largest absolute Gasteiger partial charge is 0.478 e. The molecule has 0 bridgehead atoms. The molecule has 12 heavy (non-hydrogen) atoms. The predicted octanol–water partition coefficient (Wildman–Crippen LogP) is 1.96. The van der Waals surface area contributed by atoms with E-state index in [0.717, 1.165) is 0 Å². The number of rotatable bonds is 2. The third-order valence-electron chi connectivity index (χ3n) is 1.43. The summed E-state index contributed by atoms with van der Waals surface area (Å²) >= 11 is 0. The minimum atomic E-state index is -2.77. The lowest BCUT2D eigenvalue weighted by Gasteiger charge is -1.96. The molecule has 1 aromatic rings. The monoisotopic (exact) mass is 175 g/mol. The summed E-state index contributed by atoms with van der Waals surface area (Å²) in [7, 11) is 0. The molecule has 0 saturated heterocycles. The molecule has 1 heterocycles. The zero-order valence-corrected chi connectivity index (χ0v) is 6.27. The molecule has 0 aromatic carbocycles. The highest BCUT2D eigenvalue weighted by Gasteiger charge is 2.19. The minimum Gasteiger partial charge on any atom is -0.478 e. The topological polar surface area (TPSA) is 53.1 Å². The maximum atomic E-state index is 12.1. The number of alkyl halides is 2. The predicted molar refractivity (Wildman–Crippen MR) is 37.4 cm³/mol. The fraction of sp³-hybridized carbons (Fsp3) is 0.286. The van der Waals surface area contributed by atoms with Crippen LogP contribution in [0.1, 0.15) is 28.2 Å². The Morgan fingerprint density at radius 1 is 1.67 bits per heavy atom. The second-order valence-electron chi connectivity index (χ2n) is 2.39. The summed E-state index contributed by atoms with van der Waals surface area (Å²) in [5, 5.41) is 8.47. The Bertz CT molecular complexity index is 306. The number of hydrogen-bond donors (Lipinski definition) is 2. The van der Waals surface area contributed by atoms with Crippen molar-refractivity contribution in [1.29, 1.82) is 0 Å². The molecule has 0 aliphatic heterocycles. The standard InChI is InChI=1S/C7H7F2NO2/c1-3-2-4(7(11)12)5(10-3)6(8)9/h2,6,10H,1H3,(H,11,12). The summed E-state index contributed by atoms with van der Waals surface area (Å²) < 4.78 is 24.2. The van der Waals surface area contributed by atoms with E-state index in [0.29, 0.717) is 5.69 Å². The van der Waals surface area contributed by atoms with Crippen LogP contribution in [0.5, 0.6) is 0 Å². The number of carboxylic acids is 1. The molecule has 5 heteroatoms. The number of carbonyl (C=O) groups is 1. The average Bonchev–Trinajstić information content (AvgIpc) is 2.31. The van der Waals surface area contributed by atoms with Gasteiger partial charge in [0.05, 0.1) is 11.3 Å². The lowest BCUT2D eigenvalue weighted by atomic mass is 10.2. The van der Waals surface area contributed by atoms with Gasteiger partial charge in [0.2, 0.25) is 0 Å². The van der Waals surface area contributed by atoms with Crippen molar-refractivity contribution in [3.63, 3.8) is 0 Å². The van der Waals surface area contributed by atoms with Gasteiger partial charge < -0.3 is 10.1 Å². The molecule has 1 aromatic heterocycles. The number of aromatic amines is 1. The van der Waals surface area contributed by atoms with Gasteiger partial charge in [0.25, 0.3) is 6.43 Å². The molecular weight excluding hydrogens is 168 g/mol. The molecule has 0 radical (unpaired) electrons. The van der Waals surface area contributed by atoms with Gasteiger partial charge in [0, 0.05) is 5.69 Å². The number of carboxylic acid groups (broad SMARTS) is 1. The Balaban J connectivity index is 3.17. The number of nitrogens with one attached hydrogen (secondary N) is 1. The molecule has 0 aliphatic carbocycles. The van der Waals surface area contributed by atoms with E-state index >= 15 is 0 Å². The first-order valence-corrected chi connectivity index (χ1v) is 3.23. The van der Waals surface area contributed by atoms with Gasteiger partial charge in [-0.15, -0.1) is 0 Å². The number of hydrogen-bond acceptors (Lipinski definition) is 1. The van der Waals surface area contributed by atoms with Crippen molar-refractivity contribution in [3.8, 4) is 0 Å². The highest BCUT2D eigenvalue weighted by Crippen LogP contribution is 2.22. The van der Waals surface area contributed by atoms with Gasteiger partial charge in [-0.1, -0.05) is 0 Å². The molecule has 0 amide bonds. The third kappa shape index (κ3) is 1.44. The fourth-order valence-electron chi connectivity index (χ4n) is 0.959. The van der Waals surface area contributed by atoms with Crippen LogP contribution in [-0.4, -0.2) is 16.1 Å². The highest BCUT2D eigenvalue weighted by molar-refractivity contribution is 5.89. The lowest BCUT2D eigenvalue weighted by Crippen LogP contribution is -1.99. The Morgan fingerprint density at radius 3 is 2.58 bits per heavy atom. The second-order valence-corrected chi connectivity index (χ2v) is 2.39. The highest BCUT2D eigenvalue weighted by atomic mass is 19.3. The van der Waals surface area contributed by atoms with Crippen LogP contribution >= 0.6 is 0 Å². The zero-order chi connectivity index (χ0) is 9.30. The van der Waals surface area contributed by atoms with Crippen LogP contribution < -0.4 is 0 Å². The van der Waals surface area contributed by atoms with E-state index in [1.165, 1.54) is 13.0 Å².